The van der Waals surface area contributed by atoms with E-state index in [1.807, 2.05) is 25.1 Å². The zero-order valence-corrected chi connectivity index (χ0v) is 17.9. The van der Waals surface area contributed by atoms with Crippen molar-refractivity contribution in [2.24, 2.45) is 5.92 Å². The highest BCUT2D eigenvalue weighted by Gasteiger charge is 2.35. The molecule has 0 radical (unpaired) electrons. The molecular formula is C18H23BrN4O3S. The number of benzene rings is 1. The van der Waals surface area contributed by atoms with E-state index in [0.29, 0.717) is 36.5 Å². The average molecular weight is 455 g/mol. The first-order valence-corrected chi connectivity index (χ1v) is 11.0. The monoisotopic (exact) mass is 454 g/mol. The number of carbonyl (C=O) groups excluding carboxylic acids is 1. The van der Waals surface area contributed by atoms with Crippen LogP contribution in [0.2, 0.25) is 0 Å². The van der Waals surface area contributed by atoms with Crippen molar-refractivity contribution >= 4 is 37.5 Å². The molecule has 0 spiro atoms. The Morgan fingerprint density at radius 2 is 2.07 bits per heavy atom. The Hall–Kier alpha value is -1.71. The molecule has 27 heavy (non-hydrogen) atoms. The highest BCUT2D eigenvalue weighted by atomic mass is 79.9. The number of nitrogens with zero attached hydrogens (tertiary/aromatic N) is 2. The lowest BCUT2D eigenvalue weighted by Crippen LogP contribution is -2.43. The van der Waals surface area contributed by atoms with Crippen molar-refractivity contribution < 1.29 is 13.2 Å². The van der Waals surface area contributed by atoms with Gasteiger partial charge < -0.3 is 5.32 Å². The number of hydrogen-bond acceptors (Lipinski definition) is 4. The minimum Gasteiger partial charge on any atom is -0.326 e. The predicted octanol–water partition coefficient (Wildman–Crippen LogP) is 3.14. The van der Waals surface area contributed by atoms with Gasteiger partial charge in [-0.2, -0.15) is 9.40 Å². The second kappa shape index (κ2) is 7.73. The van der Waals surface area contributed by atoms with Gasteiger partial charge in [-0.1, -0.05) is 15.9 Å². The molecule has 1 fully saturated rings. The first-order chi connectivity index (χ1) is 12.7. The first kappa shape index (κ1) is 20.0. The molecule has 0 unspecified atom stereocenters. The molecule has 1 aliphatic heterocycles. The molecule has 1 aromatic heterocycles. The Labute approximate surface area is 167 Å². The van der Waals surface area contributed by atoms with Crippen LogP contribution >= 0.6 is 15.9 Å². The Morgan fingerprint density at radius 3 is 2.70 bits per heavy atom. The number of hydrogen-bond donors (Lipinski definition) is 2. The number of rotatable bonds is 4. The summed E-state index contributed by atoms with van der Waals surface area (Å²) in [5.74, 6) is -0.540. The van der Waals surface area contributed by atoms with Gasteiger partial charge in [0.2, 0.25) is 15.9 Å². The minimum atomic E-state index is -3.68. The van der Waals surface area contributed by atoms with Crippen LogP contribution in [0.4, 0.5) is 5.69 Å². The molecule has 1 saturated heterocycles. The van der Waals surface area contributed by atoms with E-state index in [1.54, 1.807) is 13.8 Å². The van der Waals surface area contributed by atoms with Crippen LogP contribution in [0.1, 0.15) is 29.8 Å². The number of aromatic amines is 1. The van der Waals surface area contributed by atoms with Crippen molar-refractivity contribution in [2.45, 2.75) is 38.5 Å². The molecule has 2 N–H and O–H groups in total. The van der Waals surface area contributed by atoms with Crippen LogP contribution in [-0.4, -0.2) is 41.9 Å². The highest BCUT2D eigenvalue weighted by molar-refractivity contribution is 9.10. The number of amides is 1. The maximum atomic E-state index is 13.0. The predicted molar refractivity (Wildman–Crippen MR) is 107 cm³/mol. The minimum absolute atomic E-state index is 0.155. The van der Waals surface area contributed by atoms with Gasteiger partial charge in [0.25, 0.3) is 0 Å². The van der Waals surface area contributed by atoms with Gasteiger partial charge in [0, 0.05) is 23.2 Å². The summed E-state index contributed by atoms with van der Waals surface area (Å²) in [6.07, 6.45) is 1.31. The van der Waals surface area contributed by atoms with E-state index in [0.717, 1.165) is 10.0 Å². The molecule has 0 bridgehead atoms. The summed E-state index contributed by atoms with van der Waals surface area (Å²) >= 11 is 3.44. The van der Waals surface area contributed by atoms with E-state index < -0.39 is 10.0 Å². The molecular weight excluding hydrogens is 432 g/mol. The molecule has 3 rings (SSSR count). The number of carbonyl (C=O) groups is 1. The van der Waals surface area contributed by atoms with Gasteiger partial charge in [-0.05, 0) is 57.4 Å². The standard InChI is InChI=1S/C18H23BrN4O3S/c1-11-9-15(6-7-16(11)19)20-18(24)14-5-4-8-23(10-14)27(25,26)17-12(2)21-22-13(17)3/h6-7,9,14H,4-5,8,10H2,1-3H3,(H,20,24)(H,21,22)/t14-/m0/s1. The van der Waals surface area contributed by atoms with Gasteiger partial charge in [0.15, 0.2) is 0 Å². The smallest absolute Gasteiger partial charge is 0.246 e. The van der Waals surface area contributed by atoms with Crippen molar-refractivity contribution in [3.8, 4) is 0 Å². The van der Waals surface area contributed by atoms with Crippen LogP contribution in [0.15, 0.2) is 27.6 Å². The number of sulfonamides is 1. The second-order valence-electron chi connectivity index (χ2n) is 6.92. The third-order valence-corrected chi connectivity index (χ3v) is 7.86. The van der Waals surface area contributed by atoms with Crippen molar-refractivity contribution in [1.29, 1.82) is 0 Å². The lowest BCUT2D eigenvalue weighted by molar-refractivity contribution is -0.120. The molecule has 146 valence electrons. The van der Waals surface area contributed by atoms with E-state index in [9.17, 15) is 13.2 Å². The summed E-state index contributed by atoms with van der Waals surface area (Å²) in [6, 6.07) is 5.59. The number of aromatic nitrogens is 2. The van der Waals surface area contributed by atoms with Crippen LogP contribution in [0.3, 0.4) is 0 Å². The number of nitrogens with one attached hydrogen (secondary N) is 2. The lowest BCUT2D eigenvalue weighted by Gasteiger charge is -2.31. The number of piperidine rings is 1. The molecule has 1 aliphatic rings. The average Bonchev–Trinajstić information content (AvgIpc) is 2.97. The fourth-order valence-electron chi connectivity index (χ4n) is 3.39. The first-order valence-electron chi connectivity index (χ1n) is 8.79. The maximum Gasteiger partial charge on any atom is 0.246 e. The maximum absolute atomic E-state index is 13.0. The SMILES string of the molecule is Cc1cc(NC(=O)[C@H]2CCCN(S(=O)(=O)c3c(C)n[nH]c3C)C2)ccc1Br. The Morgan fingerprint density at radius 1 is 1.33 bits per heavy atom. The van der Waals surface area contributed by atoms with Gasteiger partial charge in [0.05, 0.1) is 17.3 Å². The topological polar surface area (TPSA) is 95.2 Å². The van der Waals surface area contributed by atoms with Crippen LogP contribution in [0.5, 0.6) is 0 Å². The Balaban J connectivity index is 1.75. The normalized spacial score (nSPS) is 18.4. The van der Waals surface area contributed by atoms with Gasteiger partial charge in [-0.25, -0.2) is 8.42 Å². The summed E-state index contributed by atoms with van der Waals surface area (Å²) in [5, 5.41) is 9.62. The number of anilines is 1. The Bertz CT molecular complexity index is 951. The fourth-order valence-corrected chi connectivity index (χ4v) is 5.49. The second-order valence-corrected chi connectivity index (χ2v) is 9.65. The molecule has 0 saturated carbocycles. The van der Waals surface area contributed by atoms with Crippen molar-refractivity contribution in [3.63, 3.8) is 0 Å². The molecule has 7 nitrogen and oxygen atoms in total. The van der Waals surface area contributed by atoms with E-state index in [1.165, 1.54) is 4.31 Å². The number of aryl methyl sites for hydroxylation is 3. The summed E-state index contributed by atoms with van der Waals surface area (Å²) in [4.78, 5) is 12.9. The molecule has 2 aromatic rings. The summed E-state index contributed by atoms with van der Waals surface area (Å²) in [6.45, 7) is 5.89. The van der Waals surface area contributed by atoms with Crippen LogP contribution < -0.4 is 5.32 Å². The number of H-pyrrole nitrogens is 1. The molecule has 0 aliphatic carbocycles. The van der Waals surface area contributed by atoms with Crippen molar-refractivity contribution in [3.05, 3.63) is 39.6 Å². The summed E-state index contributed by atoms with van der Waals surface area (Å²) < 4.78 is 28.4. The largest absolute Gasteiger partial charge is 0.326 e. The number of halogens is 1. The molecule has 9 heteroatoms. The lowest BCUT2D eigenvalue weighted by atomic mass is 9.98. The Kier molecular flexibility index (Phi) is 5.73. The van der Waals surface area contributed by atoms with Crippen LogP contribution in [0.25, 0.3) is 0 Å². The highest BCUT2D eigenvalue weighted by Crippen LogP contribution is 2.28. The fraction of sp³-hybridized carbons (Fsp3) is 0.444. The summed E-state index contributed by atoms with van der Waals surface area (Å²) in [5.41, 5.74) is 2.70. The third-order valence-electron chi connectivity index (χ3n) is 4.84. The van der Waals surface area contributed by atoms with E-state index in [-0.39, 0.29) is 23.3 Å². The van der Waals surface area contributed by atoms with Gasteiger partial charge in [-0.3, -0.25) is 9.89 Å². The van der Waals surface area contributed by atoms with Gasteiger partial charge >= 0.3 is 0 Å². The van der Waals surface area contributed by atoms with Crippen molar-refractivity contribution in [2.75, 3.05) is 18.4 Å². The van der Waals surface area contributed by atoms with E-state index in [4.69, 9.17) is 0 Å². The quantitative estimate of drug-likeness (QED) is 0.741. The zero-order valence-electron chi connectivity index (χ0n) is 15.5. The third kappa shape index (κ3) is 4.09. The molecule has 1 atom stereocenters. The molecule has 1 aromatic carbocycles. The van der Waals surface area contributed by atoms with E-state index in [2.05, 4.69) is 31.4 Å². The summed E-state index contributed by atoms with van der Waals surface area (Å²) in [7, 11) is -3.68. The van der Waals surface area contributed by atoms with Crippen molar-refractivity contribution in [1.82, 2.24) is 14.5 Å². The zero-order chi connectivity index (χ0) is 19.8. The van der Waals surface area contributed by atoms with Gasteiger partial charge in [-0.15, -0.1) is 0 Å². The van der Waals surface area contributed by atoms with Crippen LogP contribution in [-0.2, 0) is 14.8 Å². The van der Waals surface area contributed by atoms with Gasteiger partial charge in [0.1, 0.15) is 4.90 Å². The van der Waals surface area contributed by atoms with Crippen LogP contribution in [0, 0.1) is 26.7 Å². The molecule has 1 amide bonds. The van der Waals surface area contributed by atoms with E-state index >= 15 is 0 Å². The molecule has 2 heterocycles.